The predicted octanol–water partition coefficient (Wildman–Crippen LogP) is 4.92. The number of quaternary nitrogens is 1. The highest BCUT2D eigenvalue weighted by molar-refractivity contribution is 5.97. The third-order valence-electron chi connectivity index (χ3n) is 7.07. The number of para-hydroxylation sites is 2. The molecule has 0 aromatic heterocycles. The van der Waals surface area contributed by atoms with Crippen molar-refractivity contribution in [3.8, 4) is 0 Å². The Morgan fingerprint density at radius 2 is 1.53 bits per heavy atom. The molecule has 6 nitrogen and oxygen atoms in total. The Kier molecular flexibility index (Phi) is 8.63. The van der Waals surface area contributed by atoms with Crippen LogP contribution in [0.3, 0.4) is 0 Å². The highest BCUT2D eigenvalue weighted by atomic mass is 16.5. The summed E-state index contributed by atoms with van der Waals surface area (Å²) < 4.78 is 5.28. The van der Waals surface area contributed by atoms with E-state index in [1.54, 1.807) is 0 Å². The molecule has 2 aromatic carbocycles. The number of benzene rings is 2. The van der Waals surface area contributed by atoms with Crippen LogP contribution < -0.4 is 4.59 Å². The Morgan fingerprint density at radius 3 is 2.09 bits per heavy atom. The average Bonchev–Trinajstić information content (AvgIpc) is 2.81. The highest BCUT2D eigenvalue weighted by Crippen LogP contribution is 2.45. The lowest BCUT2D eigenvalue weighted by molar-refractivity contribution is -0.147. The summed E-state index contributed by atoms with van der Waals surface area (Å²) in [6.45, 7) is 16.1. The van der Waals surface area contributed by atoms with Gasteiger partial charge in [0.05, 0.1) is 19.0 Å². The molecule has 184 valence electrons. The summed E-state index contributed by atoms with van der Waals surface area (Å²) in [5.74, 6) is -0.133. The lowest BCUT2D eigenvalue weighted by Gasteiger charge is -2.48. The van der Waals surface area contributed by atoms with Crippen molar-refractivity contribution in [3.63, 3.8) is 0 Å². The second-order valence-electron chi connectivity index (χ2n) is 9.45. The van der Waals surface area contributed by atoms with Crippen molar-refractivity contribution < 1.29 is 14.3 Å². The van der Waals surface area contributed by atoms with E-state index in [4.69, 9.17) is 4.74 Å². The van der Waals surface area contributed by atoms with Crippen molar-refractivity contribution in [1.29, 1.82) is 0 Å². The van der Waals surface area contributed by atoms with E-state index in [0.29, 0.717) is 13.2 Å². The second-order valence-corrected chi connectivity index (χ2v) is 9.45. The van der Waals surface area contributed by atoms with E-state index in [0.717, 1.165) is 60.7 Å². The van der Waals surface area contributed by atoms with Crippen LogP contribution in [0.1, 0.15) is 43.9 Å². The SMILES string of the molecule is CCC(C)C(=O)[N+](c1ccccc1C)(c1c(C)cccc1C)N1CCN(CCOC(C)=O)CC1. The number of aryl methyl sites for hydroxylation is 3. The maximum Gasteiger partial charge on any atom is 0.346 e. The van der Waals surface area contributed by atoms with E-state index in [1.165, 1.54) is 6.92 Å². The number of piperazine rings is 1. The van der Waals surface area contributed by atoms with Crippen LogP contribution in [0.2, 0.25) is 0 Å². The van der Waals surface area contributed by atoms with E-state index in [2.05, 4.69) is 74.9 Å². The van der Waals surface area contributed by atoms with Gasteiger partial charge in [0.15, 0.2) is 11.4 Å². The molecule has 0 bridgehead atoms. The van der Waals surface area contributed by atoms with Gasteiger partial charge in [-0.3, -0.25) is 9.69 Å². The fourth-order valence-electron chi connectivity index (χ4n) is 5.10. The normalized spacial score (nSPS) is 17.7. The van der Waals surface area contributed by atoms with Crippen molar-refractivity contribution in [2.75, 3.05) is 39.3 Å². The summed E-state index contributed by atoms with van der Waals surface area (Å²) in [4.78, 5) is 28.0. The molecule has 1 saturated heterocycles. The molecular weight excluding hydrogens is 426 g/mol. The summed E-state index contributed by atoms with van der Waals surface area (Å²) in [5.41, 5.74) is 5.45. The molecule has 1 amide bonds. The summed E-state index contributed by atoms with van der Waals surface area (Å²) in [6, 6.07) is 14.6. The zero-order valence-corrected chi connectivity index (χ0v) is 21.6. The lowest BCUT2D eigenvalue weighted by Crippen LogP contribution is -2.68. The molecule has 2 aromatic rings. The molecule has 2 unspecified atom stereocenters. The summed E-state index contributed by atoms with van der Waals surface area (Å²) in [6.07, 6.45) is 0.790. The van der Waals surface area contributed by atoms with Crippen molar-refractivity contribution in [2.45, 2.75) is 48.0 Å². The van der Waals surface area contributed by atoms with Crippen LogP contribution in [-0.2, 0) is 14.3 Å². The van der Waals surface area contributed by atoms with E-state index < -0.39 is 0 Å². The molecule has 2 atom stereocenters. The molecule has 34 heavy (non-hydrogen) atoms. The van der Waals surface area contributed by atoms with Gasteiger partial charge in [0, 0.05) is 49.3 Å². The lowest BCUT2D eigenvalue weighted by atomic mass is 9.99. The minimum Gasteiger partial charge on any atom is -0.465 e. The van der Waals surface area contributed by atoms with Gasteiger partial charge in [0.1, 0.15) is 6.61 Å². The molecule has 0 saturated carbocycles. The molecule has 1 fully saturated rings. The predicted molar refractivity (Wildman–Crippen MR) is 138 cm³/mol. The Bertz CT molecular complexity index is 993. The van der Waals surface area contributed by atoms with Gasteiger partial charge in [-0.1, -0.05) is 43.3 Å². The standard InChI is InChI=1S/C28H40N3O3/c1-7-21(2)28(33)31(26-14-9-8-11-22(26)3,27-23(4)12-10-13-24(27)5)30-17-15-29(16-18-30)19-20-34-25(6)32/h8-14,21H,7,15-20H2,1-6H3/q+1. The Balaban J connectivity index is 2.13. The van der Waals surface area contributed by atoms with Crippen LogP contribution in [-0.4, -0.2) is 61.1 Å². The molecule has 0 spiro atoms. The maximum atomic E-state index is 14.5. The fraction of sp³-hybridized carbons (Fsp3) is 0.500. The monoisotopic (exact) mass is 466 g/mol. The van der Waals surface area contributed by atoms with Gasteiger partial charge in [-0.25, -0.2) is 4.79 Å². The number of carbonyl (C=O) groups excluding carboxylic acids is 2. The summed E-state index contributed by atoms with van der Waals surface area (Å²) in [7, 11) is 0. The molecule has 6 heteroatoms. The Morgan fingerprint density at radius 1 is 0.941 bits per heavy atom. The molecule has 1 aliphatic rings. The summed E-state index contributed by atoms with van der Waals surface area (Å²) in [5, 5.41) is 2.36. The third-order valence-corrected chi connectivity index (χ3v) is 7.07. The van der Waals surface area contributed by atoms with Gasteiger partial charge in [-0.15, -0.1) is 9.60 Å². The first-order chi connectivity index (χ1) is 16.2. The minimum absolute atomic E-state index is 0.0967. The molecule has 1 aliphatic heterocycles. The second kappa shape index (κ2) is 11.3. The number of rotatable bonds is 8. The molecule has 0 N–H and O–H groups in total. The fourth-order valence-corrected chi connectivity index (χ4v) is 5.10. The van der Waals surface area contributed by atoms with E-state index in [-0.39, 0.29) is 22.4 Å². The molecule has 1 heterocycles. The molecular formula is C28H40N3O3+. The average molecular weight is 467 g/mol. The number of esters is 1. The van der Waals surface area contributed by atoms with Crippen molar-refractivity contribution in [2.24, 2.45) is 5.92 Å². The minimum atomic E-state index is -0.247. The number of nitrogens with zero attached hydrogens (tertiary/aromatic N) is 3. The van der Waals surface area contributed by atoms with Crippen LogP contribution >= 0.6 is 0 Å². The number of hydrogen-bond acceptors (Lipinski definition) is 5. The molecule has 3 rings (SSSR count). The van der Waals surface area contributed by atoms with Crippen LogP contribution in [0.4, 0.5) is 11.4 Å². The van der Waals surface area contributed by atoms with Crippen LogP contribution in [0, 0.1) is 26.7 Å². The van der Waals surface area contributed by atoms with Gasteiger partial charge >= 0.3 is 11.9 Å². The quantitative estimate of drug-likeness (QED) is 0.408. The zero-order valence-electron chi connectivity index (χ0n) is 21.6. The third kappa shape index (κ3) is 5.09. The van der Waals surface area contributed by atoms with Crippen molar-refractivity contribution in [3.05, 3.63) is 59.2 Å². The van der Waals surface area contributed by atoms with Crippen molar-refractivity contribution in [1.82, 2.24) is 14.5 Å². The van der Waals surface area contributed by atoms with Crippen LogP contribution in [0.5, 0.6) is 0 Å². The summed E-state index contributed by atoms with van der Waals surface area (Å²) >= 11 is 0. The maximum absolute atomic E-state index is 14.5. The number of carbonyl (C=O) groups is 2. The van der Waals surface area contributed by atoms with Gasteiger partial charge in [-0.05, 0) is 34.1 Å². The number of amides is 1. The van der Waals surface area contributed by atoms with Gasteiger partial charge < -0.3 is 4.74 Å². The Labute approximate surface area is 204 Å². The Hall–Kier alpha value is -2.54. The first-order valence-corrected chi connectivity index (χ1v) is 12.4. The highest BCUT2D eigenvalue weighted by Gasteiger charge is 2.52. The van der Waals surface area contributed by atoms with Crippen LogP contribution in [0.25, 0.3) is 0 Å². The van der Waals surface area contributed by atoms with Gasteiger partial charge in [-0.2, -0.15) is 0 Å². The smallest absolute Gasteiger partial charge is 0.346 e. The first kappa shape index (κ1) is 26.1. The zero-order chi connectivity index (χ0) is 24.9. The van der Waals surface area contributed by atoms with Crippen LogP contribution in [0.15, 0.2) is 42.5 Å². The van der Waals surface area contributed by atoms with E-state index in [1.807, 2.05) is 12.1 Å². The largest absolute Gasteiger partial charge is 0.465 e. The molecule has 0 aliphatic carbocycles. The molecule has 0 radical (unpaired) electrons. The van der Waals surface area contributed by atoms with E-state index >= 15 is 0 Å². The first-order valence-electron chi connectivity index (χ1n) is 12.4. The van der Waals surface area contributed by atoms with E-state index in [9.17, 15) is 9.59 Å². The number of hydrogen-bond donors (Lipinski definition) is 0. The van der Waals surface area contributed by atoms with Gasteiger partial charge in [0.2, 0.25) is 0 Å². The number of ether oxygens (including phenoxy) is 1. The van der Waals surface area contributed by atoms with Crippen molar-refractivity contribution >= 4 is 23.3 Å². The van der Waals surface area contributed by atoms with Gasteiger partial charge in [0.25, 0.3) is 0 Å². The topological polar surface area (TPSA) is 49.9 Å².